The first-order chi connectivity index (χ1) is 16.0. The Morgan fingerprint density at radius 2 is 2.18 bits per heavy atom. The summed E-state index contributed by atoms with van der Waals surface area (Å²) in [7, 11) is 0. The lowest BCUT2D eigenvalue weighted by Crippen LogP contribution is -2.39. The summed E-state index contributed by atoms with van der Waals surface area (Å²) in [5.74, 6) is 1.19. The van der Waals surface area contributed by atoms with Gasteiger partial charge in [-0.2, -0.15) is 0 Å². The maximum absolute atomic E-state index is 13.9. The highest BCUT2D eigenvalue weighted by Gasteiger charge is 2.38. The van der Waals surface area contributed by atoms with E-state index in [0.29, 0.717) is 32.5 Å². The smallest absolute Gasteiger partial charge is 0.263 e. The molecule has 172 valence electrons. The summed E-state index contributed by atoms with van der Waals surface area (Å²) >= 11 is 1.21. The fourth-order valence-corrected chi connectivity index (χ4v) is 6.57. The van der Waals surface area contributed by atoms with Gasteiger partial charge in [-0.25, -0.2) is 14.4 Å². The lowest BCUT2D eigenvalue weighted by Gasteiger charge is -2.28. The minimum absolute atomic E-state index is 0.0175. The van der Waals surface area contributed by atoms with Crippen LogP contribution in [0.3, 0.4) is 0 Å². The van der Waals surface area contributed by atoms with Gasteiger partial charge in [0.1, 0.15) is 21.3 Å². The SMILES string of the molecule is Cc1nc2sc(C(=O)NC3CCc4nc(N5CCC6CNCC65)ccc4C3)c(N)c2cc1F. The van der Waals surface area contributed by atoms with Crippen molar-refractivity contribution in [2.45, 2.75) is 44.7 Å². The molecule has 3 aliphatic rings. The Morgan fingerprint density at radius 3 is 3.06 bits per heavy atom. The highest BCUT2D eigenvalue weighted by molar-refractivity contribution is 7.21. The summed E-state index contributed by atoms with van der Waals surface area (Å²) in [6.45, 7) is 4.84. The molecule has 3 atom stereocenters. The topological polar surface area (TPSA) is 96.2 Å². The van der Waals surface area contributed by atoms with E-state index >= 15 is 0 Å². The average molecular weight is 467 g/mol. The average Bonchev–Trinajstić information content (AvgIpc) is 3.50. The maximum atomic E-state index is 13.9. The van der Waals surface area contributed by atoms with Crippen LogP contribution in [0.1, 0.15) is 39.5 Å². The van der Waals surface area contributed by atoms with E-state index in [0.717, 1.165) is 56.3 Å². The van der Waals surface area contributed by atoms with Gasteiger partial charge in [-0.3, -0.25) is 4.79 Å². The number of carbonyl (C=O) groups excluding carboxylic acids is 1. The molecular weight excluding hydrogens is 439 g/mol. The molecule has 6 rings (SSSR count). The van der Waals surface area contributed by atoms with Crippen LogP contribution in [0.2, 0.25) is 0 Å². The Hall–Kier alpha value is -2.78. The van der Waals surface area contributed by atoms with E-state index in [1.54, 1.807) is 6.92 Å². The van der Waals surface area contributed by atoms with Gasteiger partial charge in [-0.05, 0) is 56.2 Å². The summed E-state index contributed by atoms with van der Waals surface area (Å²) < 4.78 is 13.9. The zero-order valence-corrected chi connectivity index (χ0v) is 19.3. The number of fused-ring (bicyclic) bond motifs is 3. The number of thiophene rings is 1. The minimum Gasteiger partial charge on any atom is -0.397 e. The molecule has 2 aliphatic heterocycles. The van der Waals surface area contributed by atoms with E-state index in [1.165, 1.54) is 29.4 Å². The van der Waals surface area contributed by atoms with E-state index in [1.807, 2.05) is 0 Å². The Bertz CT molecular complexity index is 1260. The molecule has 0 radical (unpaired) electrons. The molecule has 1 aliphatic carbocycles. The van der Waals surface area contributed by atoms with Crippen LogP contribution in [-0.4, -0.2) is 47.6 Å². The first-order valence-corrected chi connectivity index (χ1v) is 12.4. The predicted octanol–water partition coefficient (Wildman–Crippen LogP) is 2.81. The molecule has 3 unspecified atom stereocenters. The van der Waals surface area contributed by atoms with Crippen LogP contribution in [0.5, 0.6) is 0 Å². The molecule has 9 heteroatoms. The van der Waals surface area contributed by atoms with E-state index < -0.39 is 5.82 Å². The van der Waals surface area contributed by atoms with Crippen molar-refractivity contribution < 1.29 is 9.18 Å². The number of hydrogen-bond acceptors (Lipinski definition) is 7. The van der Waals surface area contributed by atoms with E-state index in [4.69, 9.17) is 10.7 Å². The molecule has 0 aromatic carbocycles. The van der Waals surface area contributed by atoms with Crippen LogP contribution >= 0.6 is 11.3 Å². The van der Waals surface area contributed by atoms with Crippen molar-refractivity contribution in [3.05, 3.63) is 45.8 Å². The van der Waals surface area contributed by atoms with Gasteiger partial charge in [0.15, 0.2) is 0 Å². The largest absolute Gasteiger partial charge is 0.397 e. The number of nitrogen functional groups attached to an aromatic ring is 1. The van der Waals surface area contributed by atoms with E-state index in [9.17, 15) is 9.18 Å². The van der Waals surface area contributed by atoms with E-state index in [2.05, 4.69) is 32.7 Å². The fraction of sp³-hybridized carbons (Fsp3) is 0.458. The van der Waals surface area contributed by atoms with Crippen molar-refractivity contribution in [2.24, 2.45) is 5.92 Å². The van der Waals surface area contributed by atoms with Crippen LogP contribution in [0.4, 0.5) is 15.9 Å². The third-order valence-electron chi connectivity index (χ3n) is 7.38. The summed E-state index contributed by atoms with van der Waals surface area (Å²) in [5.41, 5.74) is 9.12. The number of amides is 1. The number of aryl methyl sites for hydroxylation is 2. The molecule has 0 saturated carbocycles. The van der Waals surface area contributed by atoms with Crippen LogP contribution in [0.25, 0.3) is 10.2 Å². The third kappa shape index (κ3) is 3.54. The number of rotatable bonds is 3. The zero-order chi connectivity index (χ0) is 22.7. The minimum atomic E-state index is -0.414. The third-order valence-corrected chi connectivity index (χ3v) is 8.49. The van der Waals surface area contributed by atoms with Gasteiger partial charge in [0.05, 0.1) is 11.4 Å². The first kappa shape index (κ1) is 20.8. The number of aromatic nitrogens is 2. The second-order valence-electron chi connectivity index (χ2n) is 9.41. The molecular formula is C24H27FN6OS. The van der Waals surface area contributed by atoms with Crippen molar-refractivity contribution in [1.29, 1.82) is 0 Å². The molecule has 33 heavy (non-hydrogen) atoms. The highest BCUT2D eigenvalue weighted by atomic mass is 32.1. The number of hydrogen-bond donors (Lipinski definition) is 3. The van der Waals surface area contributed by atoms with Gasteiger partial charge in [0.2, 0.25) is 0 Å². The molecule has 2 saturated heterocycles. The number of carbonyl (C=O) groups is 1. The molecule has 4 N–H and O–H groups in total. The van der Waals surface area contributed by atoms with Crippen LogP contribution in [0.15, 0.2) is 18.2 Å². The molecule has 0 spiro atoms. The van der Waals surface area contributed by atoms with Crippen molar-refractivity contribution in [2.75, 3.05) is 30.3 Å². The Kier molecular flexibility index (Phi) is 4.99. The van der Waals surface area contributed by atoms with Crippen LogP contribution < -0.4 is 21.3 Å². The fourth-order valence-electron chi connectivity index (χ4n) is 5.54. The molecule has 1 amide bonds. The molecule has 2 fully saturated rings. The van der Waals surface area contributed by atoms with Gasteiger partial charge in [0, 0.05) is 42.8 Å². The van der Waals surface area contributed by atoms with Gasteiger partial charge >= 0.3 is 0 Å². The van der Waals surface area contributed by atoms with Crippen molar-refractivity contribution in [3.63, 3.8) is 0 Å². The molecule has 3 aromatic heterocycles. The maximum Gasteiger partial charge on any atom is 0.263 e. The highest BCUT2D eigenvalue weighted by Crippen LogP contribution is 2.35. The predicted molar refractivity (Wildman–Crippen MR) is 128 cm³/mol. The van der Waals surface area contributed by atoms with Crippen LogP contribution in [-0.2, 0) is 12.8 Å². The number of nitrogens with zero attached hydrogens (tertiary/aromatic N) is 3. The Balaban J connectivity index is 1.17. The van der Waals surface area contributed by atoms with Crippen LogP contribution in [0, 0.1) is 18.7 Å². The molecule has 3 aromatic rings. The Labute approximate surface area is 195 Å². The lowest BCUT2D eigenvalue weighted by molar-refractivity contribution is 0.0938. The normalized spacial score (nSPS) is 24.2. The molecule has 0 bridgehead atoms. The summed E-state index contributed by atoms with van der Waals surface area (Å²) in [6.07, 6.45) is 3.65. The monoisotopic (exact) mass is 466 g/mol. The van der Waals surface area contributed by atoms with Gasteiger partial charge in [-0.15, -0.1) is 11.3 Å². The van der Waals surface area contributed by atoms with Gasteiger partial charge in [-0.1, -0.05) is 6.07 Å². The summed E-state index contributed by atoms with van der Waals surface area (Å²) in [6, 6.07) is 6.25. The van der Waals surface area contributed by atoms with E-state index in [-0.39, 0.29) is 11.9 Å². The number of nitrogens with two attached hydrogens (primary N) is 1. The number of nitrogens with one attached hydrogen (secondary N) is 2. The lowest BCUT2D eigenvalue weighted by atomic mass is 9.91. The van der Waals surface area contributed by atoms with Crippen molar-refractivity contribution in [3.8, 4) is 0 Å². The van der Waals surface area contributed by atoms with Crippen molar-refractivity contribution >= 4 is 39.0 Å². The zero-order valence-electron chi connectivity index (χ0n) is 18.5. The van der Waals surface area contributed by atoms with Crippen molar-refractivity contribution in [1.82, 2.24) is 20.6 Å². The summed E-state index contributed by atoms with van der Waals surface area (Å²) in [5, 5.41) is 7.13. The molecule has 7 nitrogen and oxygen atoms in total. The second-order valence-corrected chi connectivity index (χ2v) is 10.4. The summed E-state index contributed by atoms with van der Waals surface area (Å²) in [4.78, 5) is 25.7. The second kappa shape index (κ2) is 7.92. The number of anilines is 2. The first-order valence-electron chi connectivity index (χ1n) is 11.6. The van der Waals surface area contributed by atoms with Gasteiger partial charge in [0.25, 0.3) is 5.91 Å². The Morgan fingerprint density at radius 1 is 1.30 bits per heavy atom. The standard InChI is InChI=1S/C24H27FN6OS/c1-12-17(25)9-16-21(26)22(33-24(16)28-12)23(32)29-15-3-4-18-13(8-15)2-5-20(30-18)31-7-6-14-10-27-11-19(14)31/h2,5,9,14-15,19,27H,3-4,6-8,10-11,26H2,1H3,(H,29,32). The number of pyridine rings is 2. The molecule has 5 heterocycles. The number of halogens is 1. The van der Waals surface area contributed by atoms with Gasteiger partial charge < -0.3 is 21.3 Å². The quantitative estimate of drug-likeness (QED) is 0.549.